The lowest BCUT2D eigenvalue weighted by Crippen LogP contribution is -1.89. The van der Waals surface area contributed by atoms with E-state index in [9.17, 15) is 0 Å². The Morgan fingerprint density at radius 2 is 0.893 bits per heavy atom. The van der Waals surface area contributed by atoms with Gasteiger partial charge in [0.2, 0.25) is 0 Å². The maximum atomic E-state index is 3.94. The number of hydrogen-bond acceptors (Lipinski definition) is 0. The normalized spacial score (nSPS) is 16.4. The quantitative estimate of drug-likeness (QED) is 0.266. The van der Waals surface area contributed by atoms with Crippen molar-refractivity contribution in [2.75, 3.05) is 0 Å². The number of hydrogen-bond donors (Lipinski definition) is 0. The summed E-state index contributed by atoms with van der Waals surface area (Å²) in [6, 6.07) is 34.1. The Balaban J connectivity index is 1.91. The molecule has 0 nitrogen and oxygen atoms in total. The highest BCUT2D eigenvalue weighted by molar-refractivity contribution is 9.15. The van der Waals surface area contributed by atoms with Crippen molar-refractivity contribution in [2.24, 2.45) is 0 Å². The monoisotopic (exact) mass is 486 g/mol. The molecule has 0 radical (unpaired) electrons. The minimum Gasteiger partial charge on any atom is -0.0622 e. The fraction of sp³-hybridized carbons (Fsp3) is 0. The zero-order valence-corrected chi connectivity index (χ0v) is 18.2. The van der Waals surface area contributed by atoms with Crippen LogP contribution in [0.3, 0.4) is 0 Å². The summed E-state index contributed by atoms with van der Waals surface area (Å²) in [6.07, 6.45) is 0. The molecule has 0 bridgehead atoms. The highest BCUT2D eigenvalue weighted by atomic mass is 79.9. The molecular weight excluding hydrogens is 472 g/mol. The van der Waals surface area contributed by atoms with E-state index in [-0.39, 0.29) is 0 Å². The van der Waals surface area contributed by atoms with Gasteiger partial charge in [-0.05, 0) is 64.9 Å². The first-order chi connectivity index (χ1) is 13.8. The van der Waals surface area contributed by atoms with Gasteiger partial charge in [-0.2, -0.15) is 0 Å². The third-order valence-corrected chi connectivity index (χ3v) is 6.90. The summed E-state index contributed by atoms with van der Waals surface area (Å²) in [5.74, 6) is 0. The smallest absolute Gasteiger partial charge is 0.0333 e. The fourth-order valence-electron chi connectivity index (χ4n) is 3.94. The first-order valence-corrected chi connectivity index (χ1v) is 10.8. The molecule has 0 aliphatic heterocycles. The molecule has 2 heteroatoms. The van der Waals surface area contributed by atoms with Crippen molar-refractivity contribution < 1.29 is 0 Å². The Hall–Kier alpha value is -2.42. The van der Waals surface area contributed by atoms with Crippen molar-refractivity contribution in [3.05, 3.63) is 119 Å². The molecule has 4 aromatic carbocycles. The van der Waals surface area contributed by atoms with Crippen LogP contribution >= 0.6 is 31.9 Å². The lowest BCUT2D eigenvalue weighted by atomic mass is 9.97. The number of allylic oxidation sites excluding steroid dienone is 2. The summed E-state index contributed by atoms with van der Waals surface area (Å²) in [7, 11) is 0. The Labute approximate surface area is 181 Å². The van der Waals surface area contributed by atoms with Gasteiger partial charge in [-0.3, -0.25) is 0 Å². The molecule has 0 spiro atoms. The van der Waals surface area contributed by atoms with Crippen molar-refractivity contribution in [1.29, 1.82) is 0 Å². The van der Waals surface area contributed by atoms with Crippen molar-refractivity contribution in [3.8, 4) is 0 Å². The van der Waals surface area contributed by atoms with Crippen LogP contribution in [-0.4, -0.2) is 0 Å². The first-order valence-electron chi connectivity index (χ1n) is 9.19. The Morgan fingerprint density at radius 3 is 1.32 bits per heavy atom. The van der Waals surface area contributed by atoms with Crippen LogP contribution in [0.2, 0.25) is 0 Å². The van der Waals surface area contributed by atoms with Gasteiger partial charge >= 0.3 is 0 Å². The van der Waals surface area contributed by atoms with Crippen LogP contribution in [0.4, 0.5) is 0 Å². The SMILES string of the molecule is Br/C(=C1\C(=C(/Br)c2ccccc2)c2cccc3cccc1c23)c1ccccc1. The molecule has 4 aromatic rings. The topological polar surface area (TPSA) is 0 Å². The molecule has 0 saturated carbocycles. The maximum Gasteiger partial charge on any atom is 0.0333 e. The zero-order chi connectivity index (χ0) is 19.1. The first kappa shape index (κ1) is 17.7. The molecule has 1 aliphatic carbocycles. The highest BCUT2D eigenvalue weighted by Crippen LogP contribution is 2.53. The fourth-order valence-corrected chi connectivity index (χ4v) is 5.29. The van der Waals surface area contributed by atoms with E-state index in [2.05, 4.69) is 129 Å². The lowest BCUT2D eigenvalue weighted by molar-refractivity contribution is 1.65. The van der Waals surface area contributed by atoms with Gasteiger partial charge in [-0.1, -0.05) is 97.1 Å². The number of benzene rings is 4. The summed E-state index contributed by atoms with van der Waals surface area (Å²) >= 11 is 7.89. The average molecular weight is 488 g/mol. The largest absolute Gasteiger partial charge is 0.0622 e. The van der Waals surface area contributed by atoms with Crippen LogP contribution in [0.5, 0.6) is 0 Å². The van der Waals surface area contributed by atoms with E-state index >= 15 is 0 Å². The van der Waals surface area contributed by atoms with Crippen LogP contribution in [0.25, 0.3) is 30.9 Å². The van der Waals surface area contributed by atoms with Crippen molar-refractivity contribution in [2.45, 2.75) is 0 Å². The lowest BCUT2D eigenvalue weighted by Gasteiger charge is -2.13. The van der Waals surface area contributed by atoms with Crippen LogP contribution in [0.15, 0.2) is 97.1 Å². The van der Waals surface area contributed by atoms with Crippen molar-refractivity contribution in [3.63, 3.8) is 0 Å². The molecular formula is C26H16Br2. The second-order valence-corrected chi connectivity index (χ2v) is 8.41. The number of halogens is 2. The summed E-state index contributed by atoms with van der Waals surface area (Å²) < 4.78 is 2.22. The Bertz CT molecular complexity index is 1150. The minimum absolute atomic E-state index is 1.11. The molecule has 0 fully saturated rings. The third kappa shape index (κ3) is 2.80. The standard InChI is InChI=1S/C26H16Br2/c27-25(18-9-3-1-4-10-18)23-20-15-7-13-17-14-8-16-21(22(17)20)24(23)26(28)19-11-5-2-6-12-19/h1-16H/b25-23-,26-24-. The predicted molar refractivity (Wildman–Crippen MR) is 128 cm³/mol. The van der Waals surface area contributed by atoms with E-state index in [1.165, 1.54) is 44.2 Å². The van der Waals surface area contributed by atoms with Gasteiger partial charge in [0, 0.05) is 20.1 Å². The molecule has 1 aliphatic rings. The van der Waals surface area contributed by atoms with E-state index in [1.807, 2.05) is 0 Å². The maximum absolute atomic E-state index is 3.94. The van der Waals surface area contributed by atoms with E-state index in [1.54, 1.807) is 0 Å². The molecule has 0 saturated heterocycles. The van der Waals surface area contributed by atoms with Gasteiger partial charge in [0.1, 0.15) is 0 Å². The molecule has 0 atom stereocenters. The third-order valence-electron chi connectivity index (χ3n) is 5.19. The molecule has 0 unspecified atom stereocenters. The van der Waals surface area contributed by atoms with Crippen LogP contribution < -0.4 is 0 Å². The molecule has 0 N–H and O–H groups in total. The predicted octanol–water partition coefficient (Wildman–Crippen LogP) is 8.38. The second kappa shape index (κ2) is 7.20. The average Bonchev–Trinajstić information content (AvgIpc) is 3.10. The Kier molecular flexibility index (Phi) is 4.54. The molecule has 5 rings (SSSR count). The van der Waals surface area contributed by atoms with Crippen LogP contribution in [0, 0.1) is 0 Å². The van der Waals surface area contributed by atoms with E-state index in [4.69, 9.17) is 0 Å². The Morgan fingerprint density at radius 1 is 0.464 bits per heavy atom. The van der Waals surface area contributed by atoms with Gasteiger partial charge in [0.05, 0.1) is 0 Å². The second-order valence-electron chi connectivity index (χ2n) is 6.82. The molecule has 0 heterocycles. The van der Waals surface area contributed by atoms with Crippen LogP contribution in [0.1, 0.15) is 22.3 Å². The van der Waals surface area contributed by atoms with Gasteiger partial charge in [-0.25, -0.2) is 0 Å². The summed E-state index contributed by atoms with van der Waals surface area (Å²) in [4.78, 5) is 0. The van der Waals surface area contributed by atoms with E-state index in [0.29, 0.717) is 0 Å². The van der Waals surface area contributed by atoms with Crippen LogP contribution in [-0.2, 0) is 0 Å². The van der Waals surface area contributed by atoms with Crippen molar-refractivity contribution >= 4 is 62.7 Å². The highest BCUT2D eigenvalue weighted by Gasteiger charge is 2.29. The van der Waals surface area contributed by atoms with Gasteiger partial charge in [-0.15, -0.1) is 0 Å². The summed E-state index contributed by atoms with van der Waals surface area (Å²) in [5.41, 5.74) is 7.35. The van der Waals surface area contributed by atoms with E-state index < -0.39 is 0 Å². The van der Waals surface area contributed by atoms with Gasteiger partial charge in [0.25, 0.3) is 0 Å². The van der Waals surface area contributed by atoms with E-state index in [0.717, 1.165) is 8.96 Å². The number of rotatable bonds is 2. The minimum atomic E-state index is 1.11. The van der Waals surface area contributed by atoms with Crippen molar-refractivity contribution in [1.82, 2.24) is 0 Å². The summed E-state index contributed by atoms with van der Waals surface area (Å²) in [6.45, 7) is 0. The molecule has 0 aromatic heterocycles. The molecule has 0 amide bonds. The van der Waals surface area contributed by atoms with Gasteiger partial charge < -0.3 is 0 Å². The molecule has 28 heavy (non-hydrogen) atoms. The summed E-state index contributed by atoms with van der Waals surface area (Å²) in [5, 5.41) is 2.58. The molecule has 134 valence electrons. The zero-order valence-electron chi connectivity index (χ0n) is 15.0. The van der Waals surface area contributed by atoms with Gasteiger partial charge in [0.15, 0.2) is 0 Å².